The number of aromatic nitrogens is 1. The van der Waals surface area contributed by atoms with E-state index in [0.29, 0.717) is 21.3 Å². The van der Waals surface area contributed by atoms with Crippen LogP contribution in [0.25, 0.3) is 5.76 Å². The van der Waals surface area contributed by atoms with Crippen molar-refractivity contribution in [1.82, 2.24) is 4.98 Å². The molecule has 0 radical (unpaired) electrons. The molecule has 1 amide bonds. The first-order chi connectivity index (χ1) is 15.2. The summed E-state index contributed by atoms with van der Waals surface area (Å²) in [5, 5.41) is 21.9. The molecule has 9 heteroatoms. The topological polar surface area (TPSA) is 100.0 Å². The summed E-state index contributed by atoms with van der Waals surface area (Å²) >= 11 is 7.23. The molecule has 1 atom stereocenters. The minimum Gasteiger partial charge on any atom is -0.507 e. The van der Waals surface area contributed by atoms with Crippen molar-refractivity contribution in [2.45, 2.75) is 19.9 Å². The fourth-order valence-corrected chi connectivity index (χ4v) is 4.59. The Kier molecular flexibility index (Phi) is 5.66. The number of amides is 1. The van der Waals surface area contributed by atoms with Gasteiger partial charge in [-0.15, -0.1) is 11.3 Å². The Morgan fingerprint density at radius 3 is 2.44 bits per heavy atom. The van der Waals surface area contributed by atoms with Gasteiger partial charge in [0.05, 0.1) is 24.4 Å². The van der Waals surface area contributed by atoms with Crippen molar-refractivity contribution in [2.24, 2.45) is 0 Å². The third kappa shape index (κ3) is 3.61. The van der Waals surface area contributed by atoms with Crippen molar-refractivity contribution in [2.75, 3.05) is 12.0 Å². The van der Waals surface area contributed by atoms with Crippen LogP contribution < -0.4 is 9.64 Å². The molecule has 32 heavy (non-hydrogen) atoms. The summed E-state index contributed by atoms with van der Waals surface area (Å²) in [6, 6.07) is 9.84. The quantitative estimate of drug-likeness (QED) is 0.324. The van der Waals surface area contributed by atoms with Gasteiger partial charge in [0.2, 0.25) is 0 Å². The minimum absolute atomic E-state index is 0.0874. The maximum absolute atomic E-state index is 13.1. The standard InChI is InChI=1S/C23H19ClN2O5S/c1-11-12(2)32-23(25-11)26-19(14-6-9-16(27)17(10-14)31-3)18(21(29)22(26)30)20(28)13-4-7-15(24)8-5-13/h4-10,19,27-28H,1-3H3. The molecule has 2 heterocycles. The molecule has 4 rings (SSSR count). The van der Waals surface area contributed by atoms with Gasteiger partial charge in [0.25, 0.3) is 5.78 Å². The molecule has 0 saturated carbocycles. The Morgan fingerprint density at radius 1 is 1.16 bits per heavy atom. The molecule has 1 aromatic heterocycles. The molecule has 164 valence electrons. The molecule has 1 aliphatic rings. The lowest BCUT2D eigenvalue weighted by atomic mass is 9.95. The lowest BCUT2D eigenvalue weighted by Crippen LogP contribution is -2.29. The maximum atomic E-state index is 13.1. The summed E-state index contributed by atoms with van der Waals surface area (Å²) in [6.07, 6.45) is 0. The number of hydrogen-bond acceptors (Lipinski definition) is 7. The first kappa shape index (κ1) is 21.9. The molecular formula is C23H19ClN2O5S. The van der Waals surface area contributed by atoms with E-state index in [1.807, 2.05) is 13.8 Å². The van der Waals surface area contributed by atoms with Crippen molar-refractivity contribution in [3.8, 4) is 11.5 Å². The molecule has 0 spiro atoms. The van der Waals surface area contributed by atoms with E-state index in [2.05, 4.69) is 4.98 Å². The number of hydrogen-bond donors (Lipinski definition) is 2. The van der Waals surface area contributed by atoms with Crippen LogP contribution in [0.4, 0.5) is 5.13 Å². The lowest BCUT2D eigenvalue weighted by molar-refractivity contribution is -0.132. The number of carbonyl (C=O) groups excluding carboxylic acids is 2. The summed E-state index contributed by atoms with van der Waals surface area (Å²) in [4.78, 5) is 32.9. The van der Waals surface area contributed by atoms with E-state index >= 15 is 0 Å². The number of carbonyl (C=O) groups is 2. The second-order valence-corrected chi connectivity index (χ2v) is 8.86. The Labute approximate surface area is 193 Å². The van der Waals surface area contributed by atoms with E-state index in [0.717, 1.165) is 10.6 Å². The van der Waals surface area contributed by atoms with E-state index in [9.17, 15) is 19.8 Å². The van der Waals surface area contributed by atoms with Crippen molar-refractivity contribution in [1.29, 1.82) is 0 Å². The molecule has 3 aromatic rings. The Bertz CT molecular complexity index is 1250. The molecule has 2 aromatic carbocycles. The van der Waals surface area contributed by atoms with Crippen molar-refractivity contribution in [3.63, 3.8) is 0 Å². The monoisotopic (exact) mass is 470 g/mol. The fourth-order valence-electron chi connectivity index (χ4n) is 3.53. The van der Waals surface area contributed by atoms with Gasteiger partial charge >= 0.3 is 5.91 Å². The number of benzene rings is 2. The van der Waals surface area contributed by atoms with Crippen LogP contribution in [0, 0.1) is 13.8 Å². The van der Waals surface area contributed by atoms with Crippen LogP contribution in [-0.2, 0) is 9.59 Å². The number of phenolic OH excluding ortho intramolecular Hbond substituents is 1. The van der Waals surface area contributed by atoms with E-state index in [1.165, 1.54) is 35.5 Å². The molecule has 7 nitrogen and oxygen atoms in total. The number of aliphatic hydroxyl groups is 1. The Morgan fingerprint density at radius 2 is 1.84 bits per heavy atom. The van der Waals surface area contributed by atoms with E-state index < -0.39 is 17.7 Å². The number of halogens is 1. The summed E-state index contributed by atoms with van der Waals surface area (Å²) in [5.41, 5.74) is 1.47. The highest BCUT2D eigenvalue weighted by Gasteiger charge is 2.48. The number of ketones is 1. The number of thiazole rings is 1. The number of anilines is 1. The van der Waals surface area contributed by atoms with E-state index in [1.54, 1.807) is 30.3 Å². The number of phenols is 1. The van der Waals surface area contributed by atoms with Gasteiger partial charge in [-0.05, 0) is 55.8 Å². The summed E-state index contributed by atoms with van der Waals surface area (Å²) in [6.45, 7) is 3.69. The average molecular weight is 471 g/mol. The zero-order valence-electron chi connectivity index (χ0n) is 17.4. The molecule has 0 bridgehead atoms. The first-order valence-corrected chi connectivity index (χ1v) is 10.8. The zero-order valence-corrected chi connectivity index (χ0v) is 19.0. The number of aliphatic hydroxyl groups excluding tert-OH is 1. The molecule has 1 fully saturated rings. The van der Waals surface area contributed by atoms with Crippen LogP contribution in [0.2, 0.25) is 5.02 Å². The number of aryl methyl sites for hydroxylation is 2. The minimum atomic E-state index is -0.967. The fraction of sp³-hybridized carbons (Fsp3) is 0.174. The number of aromatic hydroxyl groups is 1. The van der Waals surface area contributed by atoms with Crippen LogP contribution in [0.1, 0.15) is 27.7 Å². The van der Waals surface area contributed by atoms with Crippen LogP contribution in [0.15, 0.2) is 48.0 Å². The predicted octanol–water partition coefficient (Wildman–Crippen LogP) is 4.75. The highest BCUT2D eigenvalue weighted by Crippen LogP contribution is 2.45. The Balaban J connectivity index is 1.97. The zero-order chi connectivity index (χ0) is 23.2. The second kappa shape index (κ2) is 8.29. The van der Waals surface area contributed by atoms with Gasteiger partial charge in [-0.1, -0.05) is 17.7 Å². The van der Waals surface area contributed by atoms with Gasteiger partial charge in [0, 0.05) is 15.5 Å². The van der Waals surface area contributed by atoms with Crippen LogP contribution in [0.3, 0.4) is 0 Å². The largest absolute Gasteiger partial charge is 0.507 e. The Hall–Kier alpha value is -3.36. The number of ether oxygens (including phenoxy) is 1. The number of nitrogens with zero attached hydrogens (tertiary/aromatic N) is 2. The van der Waals surface area contributed by atoms with E-state index in [4.69, 9.17) is 16.3 Å². The molecule has 1 unspecified atom stereocenters. The summed E-state index contributed by atoms with van der Waals surface area (Å²) in [5.74, 6) is -1.88. The van der Waals surface area contributed by atoms with Crippen molar-refractivity contribution in [3.05, 3.63) is 74.8 Å². The predicted molar refractivity (Wildman–Crippen MR) is 122 cm³/mol. The summed E-state index contributed by atoms with van der Waals surface area (Å²) in [7, 11) is 1.40. The van der Waals surface area contributed by atoms with Crippen LogP contribution in [0.5, 0.6) is 11.5 Å². The molecule has 1 saturated heterocycles. The molecule has 2 N–H and O–H groups in total. The highest BCUT2D eigenvalue weighted by molar-refractivity contribution is 7.16. The first-order valence-electron chi connectivity index (χ1n) is 9.60. The normalized spacial score (nSPS) is 17.8. The third-order valence-electron chi connectivity index (χ3n) is 5.30. The maximum Gasteiger partial charge on any atom is 0.301 e. The third-order valence-corrected chi connectivity index (χ3v) is 6.63. The SMILES string of the molecule is COc1cc(C2C(=C(O)c3ccc(Cl)cc3)C(=O)C(=O)N2c2nc(C)c(C)s2)ccc1O. The van der Waals surface area contributed by atoms with Gasteiger partial charge < -0.3 is 14.9 Å². The van der Waals surface area contributed by atoms with Crippen LogP contribution >= 0.6 is 22.9 Å². The number of rotatable bonds is 4. The number of methoxy groups -OCH3 is 1. The summed E-state index contributed by atoms with van der Waals surface area (Å²) < 4.78 is 5.21. The molecule has 0 aliphatic carbocycles. The average Bonchev–Trinajstić information content (AvgIpc) is 3.24. The smallest absolute Gasteiger partial charge is 0.301 e. The molecular weight excluding hydrogens is 452 g/mol. The van der Waals surface area contributed by atoms with E-state index in [-0.39, 0.29) is 22.8 Å². The van der Waals surface area contributed by atoms with Gasteiger partial charge in [-0.3, -0.25) is 14.5 Å². The number of Topliss-reactive ketones (excluding diaryl/α,β-unsaturated/α-hetero) is 1. The lowest BCUT2D eigenvalue weighted by Gasteiger charge is -2.23. The van der Waals surface area contributed by atoms with Crippen molar-refractivity contribution < 1.29 is 24.5 Å². The van der Waals surface area contributed by atoms with Gasteiger partial charge in [0.1, 0.15) is 5.76 Å². The highest BCUT2D eigenvalue weighted by atomic mass is 35.5. The van der Waals surface area contributed by atoms with Gasteiger partial charge in [-0.25, -0.2) is 4.98 Å². The second-order valence-electron chi connectivity index (χ2n) is 7.25. The van der Waals surface area contributed by atoms with Gasteiger partial charge in [0.15, 0.2) is 16.6 Å². The van der Waals surface area contributed by atoms with Crippen molar-refractivity contribution >= 4 is 45.5 Å². The van der Waals surface area contributed by atoms with Crippen LogP contribution in [-0.4, -0.2) is 34.0 Å². The van der Waals surface area contributed by atoms with Gasteiger partial charge in [-0.2, -0.15) is 0 Å². The molecule has 1 aliphatic heterocycles.